The Morgan fingerprint density at radius 3 is 2.86 bits per heavy atom. The van der Waals surface area contributed by atoms with Crippen LogP contribution in [0.25, 0.3) is 11.4 Å². The summed E-state index contributed by atoms with van der Waals surface area (Å²) >= 11 is 0. The van der Waals surface area contributed by atoms with Gasteiger partial charge in [-0.25, -0.2) is 9.97 Å². The number of hydrogen-bond acceptors (Lipinski definition) is 4. The molecule has 0 unspecified atom stereocenters. The van der Waals surface area contributed by atoms with Crippen LogP contribution >= 0.6 is 0 Å². The molecule has 3 aromatic rings. The van der Waals surface area contributed by atoms with Crippen molar-refractivity contribution in [3.8, 4) is 17.5 Å². The van der Waals surface area contributed by atoms with Crippen LogP contribution in [0.5, 0.6) is 0 Å². The molecule has 0 aliphatic carbocycles. The predicted molar refractivity (Wildman–Crippen MR) is 80.1 cm³/mol. The summed E-state index contributed by atoms with van der Waals surface area (Å²) in [6.07, 6.45) is 5.24. The van der Waals surface area contributed by atoms with E-state index in [4.69, 9.17) is 11.0 Å². The minimum absolute atomic E-state index is 0.435. The maximum atomic E-state index is 9.12. The molecule has 0 amide bonds. The number of anilines is 1. The molecule has 0 spiro atoms. The molecule has 0 aliphatic rings. The lowest BCUT2D eigenvalue weighted by molar-refractivity contribution is 0.799. The molecule has 2 N–H and O–H groups in total. The van der Waals surface area contributed by atoms with Crippen LogP contribution in [-0.2, 0) is 6.54 Å². The summed E-state index contributed by atoms with van der Waals surface area (Å²) in [6.45, 7) is 0.543. The quantitative estimate of drug-likeness (QED) is 0.744. The number of aromatic nitrogens is 3. The Balaban J connectivity index is 1.99. The van der Waals surface area contributed by atoms with Crippen LogP contribution in [0.15, 0.2) is 55.0 Å². The molecule has 0 saturated heterocycles. The van der Waals surface area contributed by atoms with E-state index in [0.717, 1.165) is 17.0 Å². The van der Waals surface area contributed by atoms with E-state index in [1.807, 2.05) is 47.2 Å². The van der Waals surface area contributed by atoms with Crippen LogP contribution in [0.1, 0.15) is 11.3 Å². The summed E-state index contributed by atoms with van der Waals surface area (Å²) in [5.74, 6) is 0.815. The van der Waals surface area contributed by atoms with Crippen molar-refractivity contribution < 1.29 is 0 Å². The van der Waals surface area contributed by atoms with Crippen LogP contribution in [0.3, 0.4) is 0 Å². The van der Waals surface area contributed by atoms with Crippen molar-refractivity contribution >= 4 is 5.69 Å². The van der Waals surface area contributed by atoms with Crippen molar-refractivity contribution in [3.05, 3.63) is 66.2 Å². The van der Waals surface area contributed by atoms with Gasteiger partial charge in [-0.2, -0.15) is 5.26 Å². The number of imidazole rings is 1. The number of nitrogens with zero attached hydrogens (tertiary/aromatic N) is 4. The fraction of sp³-hybridized carbons (Fsp3) is 0.0625. The summed E-state index contributed by atoms with van der Waals surface area (Å²) < 4.78 is 1.98. The highest BCUT2D eigenvalue weighted by Gasteiger charge is 2.09. The zero-order chi connectivity index (χ0) is 14.7. The van der Waals surface area contributed by atoms with Crippen molar-refractivity contribution in [2.24, 2.45) is 0 Å². The Morgan fingerprint density at radius 2 is 2.05 bits per heavy atom. The third-order valence-corrected chi connectivity index (χ3v) is 3.20. The first-order chi connectivity index (χ1) is 10.3. The number of pyridine rings is 1. The molecular formula is C16H13N5. The molecule has 1 aromatic carbocycles. The molecule has 5 heteroatoms. The lowest BCUT2D eigenvalue weighted by Crippen LogP contribution is -2.04. The first-order valence-corrected chi connectivity index (χ1v) is 6.49. The van der Waals surface area contributed by atoms with E-state index in [0.29, 0.717) is 17.9 Å². The lowest BCUT2D eigenvalue weighted by Gasteiger charge is -2.09. The summed E-state index contributed by atoms with van der Waals surface area (Å²) in [7, 11) is 0. The van der Waals surface area contributed by atoms with Crippen LogP contribution in [0.4, 0.5) is 5.69 Å². The van der Waals surface area contributed by atoms with Crippen molar-refractivity contribution in [2.45, 2.75) is 6.54 Å². The molecule has 102 valence electrons. The van der Waals surface area contributed by atoms with E-state index in [1.165, 1.54) is 0 Å². The third kappa shape index (κ3) is 2.60. The van der Waals surface area contributed by atoms with E-state index in [2.05, 4.69) is 16.0 Å². The highest BCUT2D eigenvalue weighted by atomic mass is 15.1. The van der Waals surface area contributed by atoms with Gasteiger partial charge in [-0.3, -0.25) is 0 Å². The molecule has 5 nitrogen and oxygen atoms in total. The fourth-order valence-corrected chi connectivity index (χ4v) is 2.23. The molecular weight excluding hydrogens is 262 g/mol. The Kier molecular flexibility index (Phi) is 3.36. The molecule has 0 bridgehead atoms. The van der Waals surface area contributed by atoms with E-state index in [9.17, 15) is 0 Å². The SMILES string of the molecule is N#Cc1ncccc1Cn1ccnc1-c1cccc(N)c1. The van der Waals surface area contributed by atoms with Crippen molar-refractivity contribution in [3.63, 3.8) is 0 Å². The van der Waals surface area contributed by atoms with Crippen molar-refractivity contribution in [2.75, 3.05) is 5.73 Å². The van der Waals surface area contributed by atoms with Crippen LogP contribution in [-0.4, -0.2) is 14.5 Å². The zero-order valence-corrected chi connectivity index (χ0v) is 11.3. The Bertz CT molecular complexity index is 813. The maximum Gasteiger partial charge on any atom is 0.145 e. The van der Waals surface area contributed by atoms with Gasteiger partial charge in [0.2, 0.25) is 0 Å². The number of nitrogen functional groups attached to an aromatic ring is 1. The molecule has 2 heterocycles. The van der Waals surface area contributed by atoms with Gasteiger partial charge in [0.1, 0.15) is 17.6 Å². The van der Waals surface area contributed by atoms with Gasteiger partial charge in [-0.05, 0) is 18.2 Å². The summed E-state index contributed by atoms with van der Waals surface area (Å²) in [6, 6.07) is 13.4. The fourth-order valence-electron chi connectivity index (χ4n) is 2.23. The first-order valence-electron chi connectivity index (χ1n) is 6.49. The Morgan fingerprint density at radius 1 is 1.14 bits per heavy atom. The number of nitrogens with two attached hydrogens (primary N) is 1. The Labute approximate surface area is 122 Å². The van der Waals surface area contributed by atoms with E-state index >= 15 is 0 Å². The summed E-state index contributed by atoms with van der Waals surface area (Å²) in [4.78, 5) is 8.46. The second-order valence-electron chi connectivity index (χ2n) is 4.63. The van der Waals surface area contributed by atoms with Gasteiger partial charge in [0.25, 0.3) is 0 Å². The largest absolute Gasteiger partial charge is 0.399 e. The summed E-state index contributed by atoms with van der Waals surface area (Å²) in [5, 5.41) is 9.12. The molecule has 0 aliphatic heterocycles. The van der Waals surface area contributed by atoms with Gasteiger partial charge < -0.3 is 10.3 Å². The minimum atomic E-state index is 0.435. The summed E-state index contributed by atoms with van der Waals surface area (Å²) in [5.41, 5.74) is 8.76. The zero-order valence-electron chi connectivity index (χ0n) is 11.3. The smallest absolute Gasteiger partial charge is 0.145 e. The van der Waals surface area contributed by atoms with Crippen LogP contribution in [0, 0.1) is 11.3 Å². The molecule has 0 fully saturated rings. The number of rotatable bonds is 3. The maximum absolute atomic E-state index is 9.12. The highest BCUT2D eigenvalue weighted by molar-refractivity contribution is 5.61. The monoisotopic (exact) mass is 275 g/mol. The lowest BCUT2D eigenvalue weighted by atomic mass is 10.1. The molecule has 3 rings (SSSR count). The number of hydrogen-bond donors (Lipinski definition) is 1. The third-order valence-electron chi connectivity index (χ3n) is 3.20. The van der Waals surface area contributed by atoms with Gasteiger partial charge in [0.15, 0.2) is 0 Å². The van der Waals surface area contributed by atoms with Gasteiger partial charge in [-0.1, -0.05) is 18.2 Å². The van der Waals surface area contributed by atoms with Gasteiger partial charge in [-0.15, -0.1) is 0 Å². The number of benzene rings is 1. The van der Waals surface area contributed by atoms with Crippen LogP contribution in [0.2, 0.25) is 0 Å². The highest BCUT2D eigenvalue weighted by Crippen LogP contribution is 2.21. The average Bonchev–Trinajstić information content (AvgIpc) is 2.96. The molecule has 0 saturated carbocycles. The molecule has 21 heavy (non-hydrogen) atoms. The topological polar surface area (TPSA) is 80.5 Å². The minimum Gasteiger partial charge on any atom is -0.399 e. The van der Waals surface area contributed by atoms with Gasteiger partial charge in [0, 0.05) is 35.4 Å². The van der Waals surface area contributed by atoms with E-state index in [1.54, 1.807) is 12.4 Å². The first kappa shape index (κ1) is 12.9. The van der Waals surface area contributed by atoms with Gasteiger partial charge >= 0.3 is 0 Å². The average molecular weight is 275 g/mol. The van der Waals surface area contributed by atoms with E-state index in [-0.39, 0.29) is 0 Å². The van der Waals surface area contributed by atoms with Crippen molar-refractivity contribution in [1.29, 1.82) is 5.26 Å². The van der Waals surface area contributed by atoms with Gasteiger partial charge in [0.05, 0.1) is 6.54 Å². The van der Waals surface area contributed by atoms with Crippen molar-refractivity contribution in [1.82, 2.24) is 14.5 Å². The predicted octanol–water partition coefficient (Wildman–Crippen LogP) is 2.45. The van der Waals surface area contributed by atoms with E-state index < -0.39 is 0 Å². The standard InChI is InChI=1S/C16H13N5/c17-10-15-13(4-2-6-19-15)11-21-8-7-20-16(21)12-3-1-5-14(18)9-12/h1-9H,11,18H2. The number of nitriles is 1. The molecule has 0 radical (unpaired) electrons. The van der Waals surface area contributed by atoms with Crippen LogP contribution < -0.4 is 5.73 Å². The normalized spacial score (nSPS) is 10.2. The second-order valence-corrected chi connectivity index (χ2v) is 4.63. The second kappa shape index (κ2) is 5.47. The molecule has 2 aromatic heterocycles. The molecule has 0 atom stereocenters. The Hall–Kier alpha value is -3.13.